The van der Waals surface area contributed by atoms with Gasteiger partial charge in [-0.25, -0.2) is 4.98 Å². The Morgan fingerprint density at radius 2 is 1.80 bits per heavy atom. The first-order valence-corrected chi connectivity index (χ1v) is 6.92. The van der Waals surface area contributed by atoms with Gasteiger partial charge in [-0.2, -0.15) is 0 Å². The van der Waals surface area contributed by atoms with Crippen molar-refractivity contribution in [2.75, 3.05) is 5.32 Å². The first-order chi connectivity index (χ1) is 9.63. The highest BCUT2D eigenvalue weighted by molar-refractivity contribution is 5.91. The van der Waals surface area contributed by atoms with Gasteiger partial charge in [0.15, 0.2) is 0 Å². The Bertz CT molecular complexity index is 547. The van der Waals surface area contributed by atoms with E-state index in [9.17, 15) is 4.79 Å². The number of pyridine rings is 1. The molecule has 0 aliphatic heterocycles. The van der Waals surface area contributed by atoms with Crippen molar-refractivity contribution in [2.24, 2.45) is 5.92 Å². The molecule has 1 N–H and O–H groups in total. The summed E-state index contributed by atoms with van der Waals surface area (Å²) in [6.45, 7) is 4.41. The molecule has 1 aromatic carbocycles. The molecule has 0 unspecified atom stereocenters. The fraction of sp³-hybridized carbons (Fsp3) is 0.294. The van der Waals surface area contributed by atoms with Crippen molar-refractivity contribution in [3.63, 3.8) is 0 Å². The molecule has 0 aliphatic rings. The molecule has 1 amide bonds. The Hall–Kier alpha value is -2.16. The molecular formula is C17H20N2O. The van der Waals surface area contributed by atoms with Gasteiger partial charge in [0.2, 0.25) is 5.91 Å². The molecule has 0 aliphatic carbocycles. The Balaban J connectivity index is 1.91. The van der Waals surface area contributed by atoms with E-state index in [1.807, 2.05) is 24.3 Å². The summed E-state index contributed by atoms with van der Waals surface area (Å²) in [6.07, 6.45) is 3.11. The zero-order valence-electron chi connectivity index (χ0n) is 12.0. The number of aromatic nitrogens is 1. The number of benzene rings is 1. The van der Waals surface area contributed by atoms with Crippen LogP contribution in [-0.2, 0) is 17.6 Å². The summed E-state index contributed by atoms with van der Waals surface area (Å²) in [5, 5.41) is 2.79. The monoisotopic (exact) mass is 268 g/mol. The van der Waals surface area contributed by atoms with E-state index in [4.69, 9.17) is 0 Å². The highest BCUT2D eigenvalue weighted by Gasteiger charge is 2.05. The van der Waals surface area contributed by atoms with Crippen molar-refractivity contribution in [1.29, 1.82) is 0 Å². The molecule has 3 nitrogen and oxygen atoms in total. The number of nitrogens with zero attached hydrogens (tertiary/aromatic N) is 1. The van der Waals surface area contributed by atoms with E-state index in [1.165, 1.54) is 5.56 Å². The molecule has 3 heteroatoms. The van der Waals surface area contributed by atoms with Crippen LogP contribution < -0.4 is 5.32 Å². The van der Waals surface area contributed by atoms with Gasteiger partial charge in [0, 0.05) is 6.20 Å². The third-order valence-corrected chi connectivity index (χ3v) is 2.96. The first-order valence-electron chi connectivity index (χ1n) is 6.92. The molecule has 0 radical (unpaired) electrons. The minimum absolute atomic E-state index is 0.0414. The molecule has 104 valence electrons. The standard InChI is InChI=1S/C17H20N2O/c1-13(2)11-14-6-8-15(9-7-14)12-17(20)19-16-5-3-4-10-18-16/h3-10,13H,11-12H2,1-2H3,(H,18,19,20). The maximum Gasteiger partial charge on any atom is 0.229 e. The summed E-state index contributed by atoms with van der Waals surface area (Å²) in [5.74, 6) is 1.20. The third-order valence-electron chi connectivity index (χ3n) is 2.96. The van der Waals surface area contributed by atoms with Gasteiger partial charge in [0.25, 0.3) is 0 Å². The van der Waals surface area contributed by atoms with Crippen LogP contribution in [0.5, 0.6) is 0 Å². The minimum Gasteiger partial charge on any atom is -0.310 e. The van der Waals surface area contributed by atoms with E-state index in [2.05, 4.69) is 36.3 Å². The van der Waals surface area contributed by atoms with Gasteiger partial charge in [-0.3, -0.25) is 4.79 Å². The molecular weight excluding hydrogens is 248 g/mol. The Morgan fingerprint density at radius 1 is 1.10 bits per heavy atom. The van der Waals surface area contributed by atoms with Gasteiger partial charge < -0.3 is 5.32 Å². The van der Waals surface area contributed by atoms with Crippen molar-refractivity contribution in [1.82, 2.24) is 4.98 Å². The number of rotatable bonds is 5. The Morgan fingerprint density at radius 3 is 2.40 bits per heavy atom. The van der Waals surface area contributed by atoms with Crippen LogP contribution in [0.15, 0.2) is 48.7 Å². The van der Waals surface area contributed by atoms with Crippen LogP contribution in [0.4, 0.5) is 5.82 Å². The van der Waals surface area contributed by atoms with Gasteiger partial charge in [-0.15, -0.1) is 0 Å². The maximum atomic E-state index is 11.9. The Kier molecular flexibility index (Phi) is 4.88. The lowest BCUT2D eigenvalue weighted by molar-refractivity contribution is -0.115. The van der Waals surface area contributed by atoms with Gasteiger partial charge in [0.1, 0.15) is 5.82 Å². The SMILES string of the molecule is CC(C)Cc1ccc(CC(=O)Nc2ccccn2)cc1. The highest BCUT2D eigenvalue weighted by Crippen LogP contribution is 2.11. The predicted octanol–water partition coefficient (Wildman–Crippen LogP) is 3.46. The zero-order chi connectivity index (χ0) is 14.4. The fourth-order valence-corrected chi connectivity index (χ4v) is 2.07. The first kappa shape index (κ1) is 14.3. The van der Waals surface area contributed by atoms with Crippen LogP contribution in [-0.4, -0.2) is 10.9 Å². The molecule has 0 bridgehead atoms. The molecule has 2 rings (SSSR count). The van der Waals surface area contributed by atoms with Gasteiger partial charge >= 0.3 is 0 Å². The molecule has 20 heavy (non-hydrogen) atoms. The summed E-state index contributed by atoms with van der Waals surface area (Å²) in [6, 6.07) is 13.7. The second-order valence-corrected chi connectivity index (χ2v) is 5.35. The topological polar surface area (TPSA) is 42.0 Å². The summed E-state index contributed by atoms with van der Waals surface area (Å²) in [5.41, 5.74) is 2.33. The summed E-state index contributed by atoms with van der Waals surface area (Å²) >= 11 is 0. The molecule has 0 spiro atoms. The lowest BCUT2D eigenvalue weighted by Crippen LogP contribution is -2.15. The molecule has 0 saturated carbocycles. The van der Waals surface area contributed by atoms with Crippen molar-refractivity contribution >= 4 is 11.7 Å². The van der Waals surface area contributed by atoms with Gasteiger partial charge in [-0.1, -0.05) is 44.2 Å². The van der Waals surface area contributed by atoms with E-state index in [-0.39, 0.29) is 5.91 Å². The average Bonchev–Trinajstić information content (AvgIpc) is 2.41. The molecule has 0 saturated heterocycles. The normalized spacial score (nSPS) is 10.6. The molecule has 1 aromatic heterocycles. The van der Waals surface area contributed by atoms with Gasteiger partial charge in [0.05, 0.1) is 6.42 Å². The summed E-state index contributed by atoms with van der Waals surface area (Å²) < 4.78 is 0. The van der Waals surface area contributed by atoms with E-state index < -0.39 is 0 Å². The maximum absolute atomic E-state index is 11.9. The van der Waals surface area contributed by atoms with E-state index in [1.54, 1.807) is 12.3 Å². The van der Waals surface area contributed by atoms with Crippen molar-refractivity contribution in [3.05, 3.63) is 59.8 Å². The van der Waals surface area contributed by atoms with Crippen LogP contribution in [0.2, 0.25) is 0 Å². The van der Waals surface area contributed by atoms with Crippen molar-refractivity contribution in [3.8, 4) is 0 Å². The number of hydrogen-bond acceptors (Lipinski definition) is 2. The number of hydrogen-bond donors (Lipinski definition) is 1. The summed E-state index contributed by atoms with van der Waals surface area (Å²) in [4.78, 5) is 16.0. The molecule has 1 heterocycles. The predicted molar refractivity (Wildman–Crippen MR) is 81.6 cm³/mol. The average molecular weight is 268 g/mol. The number of nitrogens with one attached hydrogen (secondary N) is 1. The quantitative estimate of drug-likeness (QED) is 0.902. The third kappa shape index (κ3) is 4.50. The minimum atomic E-state index is -0.0414. The summed E-state index contributed by atoms with van der Waals surface area (Å²) in [7, 11) is 0. The van der Waals surface area contributed by atoms with Crippen LogP contribution in [0, 0.1) is 5.92 Å². The largest absolute Gasteiger partial charge is 0.310 e. The van der Waals surface area contributed by atoms with Crippen molar-refractivity contribution < 1.29 is 4.79 Å². The number of amides is 1. The fourth-order valence-electron chi connectivity index (χ4n) is 2.07. The van der Waals surface area contributed by atoms with Crippen LogP contribution in [0.25, 0.3) is 0 Å². The number of carbonyl (C=O) groups excluding carboxylic acids is 1. The number of anilines is 1. The Labute approximate surface area is 120 Å². The number of carbonyl (C=O) groups is 1. The lowest BCUT2D eigenvalue weighted by atomic mass is 10.0. The highest BCUT2D eigenvalue weighted by atomic mass is 16.1. The van der Waals surface area contributed by atoms with E-state index in [0.717, 1.165) is 12.0 Å². The smallest absolute Gasteiger partial charge is 0.229 e. The van der Waals surface area contributed by atoms with Crippen molar-refractivity contribution in [2.45, 2.75) is 26.7 Å². The van der Waals surface area contributed by atoms with Gasteiger partial charge in [-0.05, 0) is 35.6 Å². The van der Waals surface area contributed by atoms with E-state index >= 15 is 0 Å². The van der Waals surface area contributed by atoms with Crippen LogP contribution in [0.1, 0.15) is 25.0 Å². The zero-order valence-corrected chi connectivity index (χ0v) is 12.0. The van der Waals surface area contributed by atoms with Crippen LogP contribution in [0.3, 0.4) is 0 Å². The molecule has 0 atom stereocenters. The molecule has 0 fully saturated rings. The van der Waals surface area contributed by atoms with Crippen LogP contribution >= 0.6 is 0 Å². The van der Waals surface area contributed by atoms with E-state index in [0.29, 0.717) is 18.2 Å². The second-order valence-electron chi connectivity index (χ2n) is 5.35. The lowest BCUT2D eigenvalue weighted by Gasteiger charge is -2.07. The molecule has 2 aromatic rings. The second kappa shape index (κ2) is 6.85.